The Labute approximate surface area is 112 Å². The van der Waals surface area contributed by atoms with Crippen LogP contribution in [0.2, 0.25) is 0 Å². The molecule has 1 aromatic carbocycles. The zero-order valence-electron chi connectivity index (χ0n) is 11.4. The number of rotatable bonds is 2. The van der Waals surface area contributed by atoms with Gasteiger partial charge in [-0.25, -0.2) is 0 Å². The summed E-state index contributed by atoms with van der Waals surface area (Å²) in [7, 11) is 1.64. The minimum atomic E-state index is -0.671. The number of fused-ring (bicyclic) bond motifs is 1. The molecule has 2 aliphatic rings. The summed E-state index contributed by atoms with van der Waals surface area (Å²) in [4.78, 5) is 12.0. The molecular weight excluding hydrogens is 244 g/mol. The number of hydrogen-bond acceptors (Lipinski definition) is 4. The third-order valence-electron chi connectivity index (χ3n) is 3.81. The largest absolute Gasteiger partial charge is 0.497 e. The molecule has 1 saturated carbocycles. The van der Waals surface area contributed by atoms with Crippen molar-refractivity contribution in [1.82, 2.24) is 0 Å². The first-order valence-electron chi connectivity index (χ1n) is 6.52. The standard InChI is InChI=1S/C15H18O4/c1-15(2)18-13-11(8-12(16)14(13)19-15)9-4-6-10(17-3)7-5-9/h4-7,11,13-14H,8H2,1-3H3/t11-,13-,14+/m1/s1. The predicted octanol–water partition coefficient (Wildman–Crippen LogP) is 2.27. The lowest BCUT2D eigenvalue weighted by atomic mass is 9.95. The highest BCUT2D eigenvalue weighted by Gasteiger charge is 2.53. The summed E-state index contributed by atoms with van der Waals surface area (Å²) in [6.45, 7) is 3.70. The van der Waals surface area contributed by atoms with E-state index >= 15 is 0 Å². The molecule has 0 bridgehead atoms. The monoisotopic (exact) mass is 262 g/mol. The van der Waals surface area contributed by atoms with Crippen LogP contribution < -0.4 is 4.74 Å². The number of hydrogen-bond donors (Lipinski definition) is 0. The lowest BCUT2D eigenvalue weighted by Gasteiger charge is -2.21. The van der Waals surface area contributed by atoms with Crippen LogP contribution in [0.3, 0.4) is 0 Å². The van der Waals surface area contributed by atoms with E-state index in [9.17, 15) is 4.79 Å². The third kappa shape index (κ3) is 2.15. The van der Waals surface area contributed by atoms with E-state index in [4.69, 9.17) is 14.2 Å². The quantitative estimate of drug-likeness (QED) is 0.820. The first-order valence-corrected chi connectivity index (χ1v) is 6.52. The van der Waals surface area contributed by atoms with Crippen molar-refractivity contribution in [3.8, 4) is 5.75 Å². The van der Waals surface area contributed by atoms with Crippen LogP contribution in [0.25, 0.3) is 0 Å². The fourth-order valence-electron chi connectivity index (χ4n) is 2.94. The minimum Gasteiger partial charge on any atom is -0.497 e. The van der Waals surface area contributed by atoms with E-state index in [2.05, 4.69) is 0 Å². The number of ether oxygens (including phenoxy) is 3. The molecule has 0 radical (unpaired) electrons. The Hall–Kier alpha value is -1.39. The van der Waals surface area contributed by atoms with Crippen molar-refractivity contribution in [1.29, 1.82) is 0 Å². The second-order valence-electron chi connectivity index (χ2n) is 5.57. The van der Waals surface area contributed by atoms with Gasteiger partial charge in [-0.3, -0.25) is 4.79 Å². The Morgan fingerprint density at radius 1 is 1.21 bits per heavy atom. The maximum absolute atomic E-state index is 12.0. The van der Waals surface area contributed by atoms with E-state index in [1.165, 1.54) is 0 Å². The molecule has 1 aromatic rings. The fraction of sp³-hybridized carbons (Fsp3) is 0.533. The molecule has 0 amide bonds. The van der Waals surface area contributed by atoms with Gasteiger partial charge < -0.3 is 14.2 Å². The summed E-state index contributed by atoms with van der Waals surface area (Å²) >= 11 is 0. The van der Waals surface area contributed by atoms with E-state index in [1.807, 2.05) is 38.1 Å². The van der Waals surface area contributed by atoms with Crippen molar-refractivity contribution in [2.45, 2.75) is 44.2 Å². The van der Waals surface area contributed by atoms with Crippen LogP contribution in [0.15, 0.2) is 24.3 Å². The molecule has 2 fully saturated rings. The van der Waals surface area contributed by atoms with Crippen LogP contribution in [0.5, 0.6) is 5.75 Å². The molecule has 0 aromatic heterocycles. The third-order valence-corrected chi connectivity index (χ3v) is 3.81. The Kier molecular flexibility index (Phi) is 2.87. The molecule has 1 aliphatic carbocycles. The summed E-state index contributed by atoms with van der Waals surface area (Å²) in [5, 5.41) is 0. The molecule has 0 unspecified atom stereocenters. The molecule has 4 heteroatoms. The smallest absolute Gasteiger partial charge is 0.165 e. The summed E-state index contributed by atoms with van der Waals surface area (Å²) < 4.78 is 16.7. The second kappa shape index (κ2) is 4.32. The fourth-order valence-corrected chi connectivity index (χ4v) is 2.94. The molecule has 1 heterocycles. The maximum atomic E-state index is 12.0. The topological polar surface area (TPSA) is 44.8 Å². The van der Waals surface area contributed by atoms with Crippen LogP contribution in [-0.2, 0) is 14.3 Å². The van der Waals surface area contributed by atoms with Crippen molar-refractivity contribution in [2.24, 2.45) is 0 Å². The molecule has 102 valence electrons. The normalized spacial score (nSPS) is 32.4. The molecule has 0 N–H and O–H groups in total. The van der Waals surface area contributed by atoms with Gasteiger partial charge in [-0.15, -0.1) is 0 Å². The second-order valence-corrected chi connectivity index (χ2v) is 5.57. The van der Waals surface area contributed by atoms with Gasteiger partial charge in [0.05, 0.1) is 7.11 Å². The highest BCUT2D eigenvalue weighted by atomic mass is 16.8. The number of carbonyl (C=O) groups excluding carboxylic acids is 1. The van der Waals surface area contributed by atoms with Crippen LogP contribution in [0, 0.1) is 0 Å². The molecular formula is C15H18O4. The average molecular weight is 262 g/mol. The Morgan fingerprint density at radius 2 is 1.89 bits per heavy atom. The van der Waals surface area contributed by atoms with Crippen molar-refractivity contribution >= 4 is 5.78 Å². The van der Waals surface area contributed by atoms with Crippen molar-refractivity contribution in [3.63, 3.8) is 0 Å². The molecule has 4 nitrogen and oxygen atoms in total. The van der Waals surface area contributed by atoms with Gasteiger partial charge >= 0.3 is 0 Å². The van der Waals surface area contributed by atoms with Crippen molar-refractivity contribution in [3.05, 3.63) is 29.8 Å². The summed E-state index contributed by atoms with van der Waals surface area (Å²) in [5.74, 6) is 0.353. The average Bonchev–Trinajstić information content (AvgIpc) is 2.85. The van der Waals surface area contributed by atoms with Gasteiger partial charge in [0.25, 0.3) is 0 Å². The minimum absolute atomic E-state index is 0.0742. The Bertz CT molecular complexity index is 491. The van der Waals surface area contributed by atoms with Crippen LogP contribution in [-0.4, -0.2) is 30.9 Å². The van der Waals surface area contributed by atoms with Gasteiger partial charge in [-0.05, 0) is 31.5 Å². The SMILES string of the molecule is COc1ccc([C@H]2CC(=O)[C@@H]3OC(C)(C)O[C@H]23)cc1. The first-order chi connectivity index (χ1) is 9.00. The van der Waals surface area contributed by atoms with E-state index < -0.39 is 11.9 Å². The molecule has 1 aliphatic heterocycles. The number of methoxy groups -OCH3 is 1. The summed E-state index contributed by atoms with van der Waals surface area (Å²) in [6.07, 6.45) is -0.101. The number of benzene rings is 1. The van der Waals surface area contributed by atoms with Crippen molar-refractivity contribution < 1.29 is 19.0 Å². The van der Waals surface area contributed by atoms with E-state index in [0.29, 0.717) is 6.42 Å². The lowest BCUT2D eigenvalue weighted by molar-refractivity contribution is -0.160. The molecule has 19 heavy (non-hydrogen) atoms. The maximum Gasteiger partial charge on any atom is 0.165 e. The first kappa shape index (κ1) is 12.6. The van der Waals surface area contributed by atoms with Gasteiger partial charge in [0.2, 0.25) is 0 Å². The van der Waals surface area contributed by atoms with Gasteiger partial charge in [-0.2, -0.15) is 0 Å². The van der Waals surface area contributed by atoms with E-state index in [-0.39, 0.29) is 17.8 Å². The summed E-state index contributed by atoms with van der Waals surface area (Å²) in [6, 6.07) is 7.81. The van der Waals surface area contributed by atoms with Gasteiger partial charge in [0, 0.05) is 12.3 Å². The van der Waals surface area contributed by atoms with Crippen LogP contribution >= 0.6 is 0 Å². The zero-order chi connectivity index (χ0) is 13.6. The van der Waals surface area contributed by atoms with Crippen LogP contribution in [0.1, 0.15) is 31.7 Å². The predicted molar refractivity (Wildman–Crippen MR) is 69.2 cm³/mol. The highest BCUT2D eigenvalue weighted by molar-refractivity contribution is 5.88. The highest BCUT2D eigenvalue weighted by Crippen LogP contribution is 2.44. The summed E-state index contributed by atoms with van der Waals surface area (Å²) in [5.41, 5.74) is 1.10. The van der Waals surface area contributed by atoms with Gasteiger partial charge in [-0.1, -0.05) is 12.1 Å². The van der Waals surface area contributed by atoms with Crippen LogP contribution in [0.4, 0.5) is 0 Å². The lowest BCUT2D eigenvalue weighted by Crippen LogP contribution is -2.25. The number of Topliss-reactive ketones (excluding diaryl/α,β-unsaturated/α-hetero) is 1. The van der Waals surface area contributed by atoms with Gasteiger partial charge in [0.1, 0.15) is 18.0 Å². The van der Waals surface area contributed by atoms with Crippen molar-refractivity contribution in [2.75, 3.05) is 7.11 Å². The van der Waals surface area contributed by atoms with E-state index in [1.54, 1.807) is 7.11 Å². The molecule has 3 rings (SSSR count). The van der Waals surface area contributed by atoms with E-state index in [0.717, 1.165) is 11.3 Å². The number of ketones is 1. The number of carbonyl (C=O) groups is 1. The molecule has 1 saturated heterocycles. The Balaban J connectivity index is 1.87. The molecule has 3 atom stereocenters. The van der Waals surface area contributed by atoms with Gasteiger partial charge in [0.15, 0.2) is 11.6 Å². The molecule has 0 spiro atoms. The Morgan fingerprint density at radius 3 is 2.53 bits per heavy atom. The zero-order valence-corrected chi connectivity index (χ0v) is 11.4.